The first-order valence-corrected chi connectivity index (χ1v) is 7.43. The van der Waals surface area contributed by atoms with Gasteiger partial charge in [0, 0.05) is 43.3 Å². The largest absolute Gasteiger partial charge is 0.355 e. The van der Waals surface area contributed by atoms with E-state index < -0.39 is 0 Å². The number of amides is 2. The number of hydrogen-bond acceptors (Lipinski definition) is 4. The minimum absolute atomic E-state index is 0.0197. The molecule has 0 bridgehead atoms. The van der Waals surface area contributed by atoms with E-state index in [4.69, 9.17) is 0 Å². The van der Waals surface area contributed by atoms with Crippen molar-refractivity contribution in [2.45, 2.75) is 12.8 Å². The average Bonchev–Trinajstić information content (AvgIpc) is 2.52. The summed E-state index contributed by atoms with van der Waals surface area (Å²) in [6.07, 6.45) is 4.90. The number of carbonyl (C=O) groups excluding carboxylic acids is 2. The van der Waals surface area contributed by atoms with Gasteiger partial charge >= 0.3 is 0 Å². The molecule has 1 aromatic rings. The number of nitrogens with zero attached hydrogens (tertiary/aromatic N) is 2. The Bertz CT molecular complexity index is 467. The van der Waals surface area contributed by atoms with Crippen LogP contribution in [0, 0.1) is 5.92 Å². The van der Waals surface area contributed by atoms with E-state index in [-0.39, 0.29) is 17.7 Å². The lowest BCUT2D eigenvalue weighted by atomic mass is 9.96. The van der Waals surface area contributed by atoms with Crippen molar-refractivity contribution in [3.8, 4) is 0 Å². The van der Waals surface area contributed by atoms with Gasteiger partial charge in [-0.1, -0.05) is 0 Å². The SMILES string of the molecule is O=C(NCCS)C1CCCN(C(=O)c2ccncc2)C1. The second-order valence-electron chi connectivity index (χ2n) is 4.84. The average molecular weight is 293 g/mol. The van der Waals surface area contributed by atoms with Crippen LogP contribution in [0.2, 0.25) is 0 Å². The van der Waals surface area contributed by atoms with Crippen LogP contribution >= 0.6 is 12.6 Å². The lowest BCUT2D eigenvalue weighted by Crippen LogP contribution is -2.45. The maximum atomic E-state index is 12.3. The van der Waals surface area contributed by atoms with Crippen molar-refractivity contribution >= 4 is 24.4 Å². The first-order chi connectivity index (χ1) is 9.72. The molecule has 108 valence electrons. The molecular formula is C14H19N3O2S. The van der Waals surface area contributed by atoms with Crippen LogP contribution in [0.5, 0.6) is 0 Å². The van der Waals surface area contributed by atoms with E-state index in [1.165, 1.54) is 0 Å². The monoisotopic (exact) mass is 293 g/mol. The Labute approximate surface area is 124 Å². The molecule has 1 fully saturated rings. The molecule has 1 N–H and O–H groups in total. The van der Waals surface area contributed by atoms with Gasteiger partial charge in [-0.3, -0.25) is 14.6 Å². The highest BCUT2D eigenvalue weighted by atomic mass is 32.1. The molecule has 20 heavy (non-hydrogen) atoms. The molecule has 2 heterocycles. The molecule has 1 aromatic heterocycles. The van der Waals surface area contributed by atoms with Crippen molar-refractivity contribution in [2.24, 2.45) is 5.92 Å². The normalized spacial score (nSPS) is 18.6. The van der Waals surface area contributed by atoms with E-state index in [2.05, 4.69) is 22.9 Å². The van der Waals surface area contributed by atoms with Gasteiger partial charge in [-0.05, 0) is 25.0 Å². The number of nitrogens with one attached hydrogen (secondary N) is 1. The van der Waals surface area contributed by atoms with Gasteiger partial charge in [-0.15, -0.1) is 0 Å². The molecule has 0 aromatic carbocycles. The second kappa shape index (κ2) is 7.28. The zero-order valence-electron chi connectivity index (χ0n) is 11.3. The lowest BCUT2D eigenvalue weighted by Gasteiger charge is -2.32. The molecule has 1 atom stereocenters. The number of thiol groups is 1. The topological polar surface area (TPSA) is 62.3 Å². The van der Waals surface area contributed by atoms with Gasteiger partial charge in [-0.2, -0.15) is 12.6 Å². The highest BCUT2D eigenvalue weighted by molar-refractivity contribution is 7.80. The van der Waals surface area contributed by atoms with Gasteiger partial charge in [0.1, 0.15) is 0 Å². The van der Waals surface area contributed by atoms with Crippen molar-refractivity contribution in [3.63, 3.8) is 0 Å². The van der Waals surface area contributed by atoms with E-state index in [0.717, 1.165) is 12.8 Å². The summed E-state index contributed by atoms with van der Waals surface area (Å²) in [6.45, 7) is 1.76. The highest BCUT2D eigenvalue weighted by Gasteiger charge is 2.28. The standard InChI is InChI=1S/C14H19N3O2S/c18-13(16-7-9-20)12-2-1-8-17(10-12)14(19)11-3-5-15-6-4-11/h3-6,12,20H,1-2,7-10H2,(H,16,18). The first kappa shape index (κ1) is 14.8. The van der Waals surface area contributed by atoms with Crippen LogP contribution in [0.3, 0.4) is 0 Å². The van der Waals surface area contributed by atoms with Crippen molar-refractivity contribution in [3.05, 3.63) is 30.1 Å². The number of aromatic nitrogens is 1. The van der Waals surface area contributed by atoms with Crippen LogP contribution in [0.15, 0.2) is 24.5 Å². The Morgan fingerprint density at radius 3 is 2.85 bits per heavy atom. The molecule has 1 aliphatic rings. The van der Waals surface area contributed by atoms with Gasteiger partial charge in [-0.25, -0.2) is 0 Å². The number of hydrogen-bond donors (Lipinski definition) is 2. The molecule has 1 unspecified atom stereocenters. The van der Waals surface area contributed by atoms with Crippen molar-refractivity contribution in [2.75, 3.05) is 25.4 Å². The molecule has 2 rings (SSSR count). The number of rotatable bonds is 4. The summed E-state index contributed by atoms with van der Waals surface area (Å²) in [5.74, 6) is 0.498. The molecule has 6 heteroatoms. The maximum Gasteiger partial charge on any atom is 0.253 e. The summed E-state index contributed by atoms with van der Waals surface area (Å²) in [5.41, 5.74) is 0.622. The van der Waals surface area contributed by atoms with Gasteiger partial charge in [0.15, 0.2) is 0 Å². The Morgan fingerprint density at radius 1 is 1.40 bits per heavy atom. The fourth-order valence-corrected chi connectivity index (χ4v) is 2.49. The number of likely N-dealkylation sites (tertiary alicyclic amines) is 1. The summed E-state index contributed by atoms with van der Waals surface area (Å²) in [5, 5.41) is 2.84. The van der Waals surface area contributed by atoms with Gasteiger partial charge in [0.25, 0.3) is 5.91 Å². The summed E-state index contributed by atoms with van der Waals surface area (Å²) < 4.78 is 0. The zero-order chi connectivity index (χ0) is 14.4. The first-order valence-electron chi connectivity index (χ1n) is 6.80. The molecule has 1 saturated heterocycles. The predicted octanol–water partition coefficient (Wildman–Crippen LogP) is 0.980. The van der Waals surface area contributed by atoms with Crippen molar-refractivity contribution in [1.82, 2.24) is 15.2 Å². The Hall–Kier alpha value is -1.56. The van der Waals surface area contributed by atoms with E-state index in [9.17, 15) is 9.59 Å². The highest BCUT2D eigenvalue weighted by Crippen LogP contribution is 2.18. The molecule has 0 spiro atoms. The maximum absolute atomic E-state index is 12.3. The summed E-state index contributed by atoms with van der Waals surface area (Å²) >= 11 is 4.07. The van der Waals surface area contributed by atoms with Crippen LogP contribution < -0.4 is 5.32 Å². The molecule has 1 aliphatic heterocycles. The van der Waals surface area contributed by atoms with Crippen LogP contribution in [0.4, 0.5) is 0 Å². The van der Waals surface area contributed by atoms with Crippen LogP contribution in [0.1, 0.15) is 23.2 Å². The molecule has 5 nitrogen and oxygen atoms in total. The zero-order valence-corrected chi connectivity index (χ0v) is 12.2. The Kier molecular flexibility index (Phi) is 5.40. The summed E-state index contributed by atoms with van der Waals surface area (Å²) in [6, 6.07) is 3.40. The third-order valence-corrected chi connectivity index (χ3v) is 3.64. The van der Waals surface area contributed by atoms with Crippen LogP contribution in [-0.2, 0) is 4.79 Å². The van der Waals surface area contributed by atoms with Gasteiger partial charge < -0.3 is 10.2 Å². The van der Waals surface area contributed by atoms with Crippen LogP contribution in [0.25, 0.3) is 0 Å². The second-order valence-corrected chi connectivity index (χ2v) is 5.29. The van der Waals surface area contributed by atoms with Gasteiger partial charge in [0.2, 0.25) is 5.91 Å². The lowest BCUT2D eigenvalue weighted by molar-refractivity contribution is -0.126. The van der Waals surface area contributed by atoms with E-state index in [1.807, 2.05) is 0 Å². The van der Waals surface area contributed by atoms with E-state index in [0.29, 0.717) is 31.0 Å². The van der Waals surface area contributed by atoms with Crippen LogP contribution in [-0.4, -0.2) is 47.1 Å². The van der Waals surface area contributed by atoms with Gasteiger partial charge in [0.05, 0.1) is 5.92 Å². The number of pyridine rings is 1. The summed E-state index contributed by atoms with van der Waals surface area (Å²) in [4.78, 5) is 30.0. The smallest absolute Gasteiger partial charge is 0.253 e. The van der Waals surface area contributed by atoms with Crippen molar-refractivity contribution in [1.29, 1.82) is 0 Å². The van der Waals surface area contributed by atoms with Crippen molar-refractivity contribution < 1.29 is 9.59 Å². The molecule has 0 aliphatic carbocycles. The molecule has 2 amide bonds. The minimum Gasteiger partial charge on any atom is -0.355 e. The number of piperidine rings is 1. The third-order valence-electron chi connectivity index (χ3n) is 3.42. The Balaban J connectivity index is 1.96. The predicted molar refractivity (Wildman–Crippen MR) is 79.7 cm³/mol. The molecule has 0 saturated carbocycles. The summed E-state index contributed by atoms with van der Waals surface area (Å²) in [7, 11) is 0. The van der Waals surface area contributed by atoms with E-state index >= 15 is 0 Å². The number of carbonyl (C=O) groups is 2. The van der Waals surface area contributed by atoms with E-state index in [1.54, 1.807) is 29.4 Å². The third kappa shape index (κ3) is 3.72. The quantitative estimate of drug-likeness (QED) is 0.814. The molecular weight excluding hydrogens is 274 g/mol. The fourth-order valence-electron chi connectivity index (χ4n) is 2.38. The molecule has 0 radical (unpaired) electrons. The Morgan fingerprint density at radius 2 is 2.15 bits per heavy atom. The fraction of sp³-hybridized carbons (Fsp3) is 0.500. The minimum atomic E-state index is -0.116.